The molecule has 50 heavy (non-hydrogen) atoms. The molecule has 2 aliphatic rings. The number of hydrogen-bond acceptors (Lipinski definition) is 9. The minimum atomic E-state index is -1.18. The van der Waals surface area contributed by atoms with Crippen molar-refractivity contribution in [2.45, 2.75) is 116 Å². The van der Waals surface area contributed by atoms with Crippen LogP contribution in [0.15, 0.2) is 61.2 Å². The maximum atomic E-state index is 12.8. The lowest BCUT2D eigenvalue weighted by Gasteiger charge is -2.28. The van der Waals surface area contributed by atoms with Crippen molar-refractivity contribution in [3.8, 4) is 16.9 Å². The third kappa shape index (κ3) is 12.6. The van der Waals surface area contributed by atoms with Crippen LogP contribution in [-0.2, 0) is 38.1 Å². The van der Waals surface area contributed by atoms with E-state index >= 15 is 0 Å². The zero-order valence-electron chi connectivity index (χ0n) is 30.0. The van der Waals surface area contributed by atoms with E-state index in [0.717, 1.165) is 67.9 Å². The van der Waals surface area contributed by atoms with E-state index in [1.54, 1.807) is 0 Å². The number of carbonyl (C=O) groups excluding carboxylic acids is 3. The summed E-state index contributed by atoms with van der Waals surface area (Å²) < 4.78 is 33.8. The first-order valence-corrected chi connectivity index (χ1v) is 18.7. The summed E-state index contributed by atoms with van der Waals surface area (Å²) in [6.07, 6.45) is 11.9. The molecule has 2 atom stereocenters. The molecule has 1 aliphatic carbocycles. The number of unbranched alkanes of at least 4 members (excludes halogenated alkanes) is 5. The quantitative estimate of drug-likeness (QED) is 0.0550. The molecule has 1 heterocycles. The van der Waals surface area contributed by atoms with Gasteiger partial charge in [0.1, 0.15) is 5.75 Å². The molecule has 1 saturated heterocycles. The molecule has 0 amide bonds. The summed E-state index contributed by atoms with van der Waals surface area (Å²) in [6, 6.07) is 15.8. The minimum Gasteiger partial charge on any atom is -0.493 e. The summed E-state index contributed by atoms with van der Waals surface area (Å²) in [5, 5.41) is 0. The van der Waals surface area contributed by atoms with Gasteiger partial charge in [-0.25, -0.2) is 14.4 Å². The van der Waals surface area contributed by atoms with Crippen molar-refractivity contribution >= 4 is 17.9 Å². The molecule has 9 heteroatoms. The zero-order valence-corrected chi connectivity index (χ0v) is 30.0. The van der Waals surface area contributed by atoms with Gasteiger partial charge in [-0.15, -0.1) is 0 Å². The van der Waals surface area contributed by atoms with Gasteiger partial charge in [0.2, 0.25) is 0 Å². The molecule has 1 saturated carbocycles. The molecule has 0 aromatic heterocycles. The van der Waals surface area contributed by atoms with E-state index in [-0.39, 0.29) is 19.2 Å². The summed E-state index contributed by atoms with van der Waals surface area (Å²) >= 11 is 0. The number of esters is 3. The Balaban J connectivity index is 1.20. The average molecular weight is 693 g/mol. The highest BCUT2D eigenvalue weighted by molar-refractivity contribution is 5.86. The monoisotopic (exact) mass is 692 g/mol. The van der Waals surface area contributed by atoms with Gasteiger partial charge in [0, 0.05) is 11.6 Å². The molecule has 274 valence electrons. The predicted molar refractivity (Wildman–Crippen MR) is 191 cm³/mol. The lowest BCUT2D eigenvalue weighted by atomic mass is 9.80. The van der Waals surface area contributed by atoms with Crippen molar-refractivity contribution in [3.05, 3.63) is 66.7 Å². The number of carbonyl (C=O) groups is 3. The molecular formula is C41H56O9. The molecule has 9 nitrogen and oxygen atoms in total. The van der Waals surface area contributed by atoms with Crippen molar-refractivity contribution < 1.29 is 42.8 Å². The first kappa shape index (κ1) is 39.1. The Labute approximate surface area is 298 Å². The molecule has 0 radical (unpaired) electrons. The molecule has 2 aromatic carbocycles. The summed E-state index contributed by atoms with van der Waals surface area (Å²) in [4.78, 5) is 36.7. The van der Waals surface area contributed by atoms with Crippen molar-refractivity contribution in [2.24, 2.45) is 11.8 Å². The molecule has 4 rings (SSSR count). The third-order valence-electron chi connectivity index (χ3n) is 9.50. The van der Waals surface area contributed by atoms with Gasteiger partial charge in [-0.2, -0.15) is 0 Å². The van der Waals surface area contributed by atoms with Crippen LogP contribution < -0.4 is 4.74 Å². The Morgan fingerprint density at radius 3 is 1.76 bits per heavy atom. The SMILES string of the molecule is C=CC(=O)OCCCCCCC1CCC(COc2ccc(-c3ccc(C4O[C@@H](C(=O)OCCCC)[C@H](C(=O)OCCCC)O4)cc3)cc2)CC1. The lowest BCUT2D eigenvalue weighted by molar-refractivity contribution is -0.163. The average Bonchev–Trinajstić information content (AvgIpc) is 3.60. The predicted octanol–water partition coefficient (Wildman–Crippen LogP) is 8.69. The van der Waals surface area contributed by atoms with E-state index in [2.05, 4.69) is 18.7 Å². The van der Waals surface area contributed by atoms with E-state index < -0.39 is 30.4 Å². The second-order valence-electron chi connectivity index (χ2n) is 13.4. The maximum Gasteiger partial charge on any atom is 0.338 e. The van der Waals surface area contributed by atoms with Crippen LogP contribution >= 0.6 is 0 Å². The minimum absolute atomic E-state index is 0.263. The van der Waals surface area contributed by atoms with Crippen LogP contribution in [0.4, 0.5) is 0 Å². The Bertz CT molecular complexity index is 1280. The first-order chi connectivity index (χ1) is 24.4. The molecule has 2 fully saturated rings. The molecule has 0 bridgehead atoms. The fourth-order valence-corrected chi connectivity index (χ4v) is 6.35. The first-order valence-electron chi connectivity index (χ1n) is 18.7. The summed E-state index contributed by atoms with van der Waals surface area (Å²) in [5.74, 6) is 0.700. The van der Waals surface area contributed by atoms with Gasteiger partial charge in [0.15, 0.2) is 18.5 Å². The van der Waals surface area contributed by atoms with Crippen LogP contribution in [-0.4, -0.2) is 56.5 Å². The molecule has 2 aromatic rings. The highest BCUT2D eigenvalue weighted by Crippen LogP contribution is 2.35. The molecule has 1 aliphatic heterocycles. The smallest absolute Gasteiger partial charge is 0.338 e. The third-order valence-corrected chi connectivity index (χ3v) is 9.50. The summed E-state index contributed by atoms with van der Waals surface area (Å²) in [5.41, 5.74) is 2.76. The van der Waals surface area contributed by atoms with Gasteiger partial charge in [0.25, 0.3) is 0 Å². The van der Waals surface area contributed by atoms with Gasteiger partial charge >= 0.3 is 17.9 Å². The lowest BCUT2D eigenvalue weighted by Crippen LogP contribution is -2.39. The second-order valence-corrected chi connectivity index (χ2v) is 13.4. The van der Waals surface area contributed by atoms with Crippen molar-refractivity contribution in [3.63, 3.8) is 0 Å². The van der Waals surface area contributed by atoms with Gasteiger partial charge in [0.05, 0.1) is 26.4 Å². The van der Waals surface area contributed by atoms with Crippen LogP contribution in [0.25, 0.3) is 11.1 Å². The highest BCUT2D eigenvalue weighted by atomic mass is 16.8. The largest absolute Gasteiger partial charge is 0.493 e. The molecule has 0 spiro atoms. The molecule has 0 unspecified atom stereocenters. The van der Waals surface area contributed by atoms with E-state index in [1.807, 2.05) is 50.2 Å². The Hall–Kier alpha value is -3.69. The number of ether oxygens (including phenoxy) is 6. The maximum absolute atomic E-state index is 12.8. The number of hydrogen-bond donors (Lipinski definition) is 0. The van der Waals surface area contributed by atoms with Crippen molar-refractivity contribution in [1.29, 1.82) is 0 Å². The van der Waals surface area contributed by atoms with Gasteiger partial charge in [-0.3, -0.25) is 0 Å². The van der Waals surface area contributed by atoms with Crippen LogP contribution in [0.1, 0.15) is 109 Å². The standard InChI is InChI=1S/C41H56O9/c1-4-7-26-46-39(43)37-38(40(44)47-27-8-5-2)50-41(49-37)34-20-18-32(19-21-34)33-22-24-35(25-23-33)48-29-31-16-14-30(15-17-31)13-11-9-10-12-28-45-36(42)6-3/h6,18-25,30-31,37-38,41H,3-5,7-17,26-29H2,1-2H3/t30?,31?,37-,38-/m1/s1. The van der Waals surface area contributed by atoms with E-state index in [0.29, 0.717) is 18.1 Å². The van der Waals surface area contributed by atoms with E-state index in [4.69, 9.17) is 28.4 Å². The van der Waals surface area contributed by atoms with Crippen LogP contribution in [0.2, 0.25) is 0 Å². The van der Waals surface area contributed by atoms with E-state index in [9.17, 15) is 14.4 Å². The van der Waals surface area contributed by atoms with Crippen LogP contribution in [0.5, 0.6) is 5.75 Å². The van der Waals surface area contributed by atoms with Crippen LogP contribution in [0, 0.1) is 11.8 Å². The second kappa shape index (κ2) is 21.5. The van der Waals surface area contributed by atoms with Gasteiger partial charge < -0.3 is 28.4 Å². The summed E-state index contributed by atoms with van der Waals surface area (Å²) in [7, 11) is 0. The number of rotatable bonds is 21. The summed E-state index contributed by atoms with van der Waals surface area (Å²) in [6.45, 7) is 9.19. The Morgan fingerprint density at radius 1 is 0.680 bits per heavy atom. The van der Waals surface area contributed by atoms with Gasteiger partial charge in [-0.05, 0) is 67.2 Å². The highest BCUT2D eigenvalue weighted by Gasteiger charge is 2.47. The zero-order chi connectivity index (χ0) is 35.6. The molecule has 0 N–H and O–H groups in total. The van der Waals surface area contributed by atoms with Crippen molar-refractivity contribution in [1.82, 2.24) is 0 Å². The molecular weight excluding hydrogens is 636 g/mol. The van der Waals surface area contributed by atoms with Gasteiger partial charge in [-0.1, -0.05) is 108 Å². The van der Waals surface area contributed by atoms with Crippen LogP contribution in [0.3, 0.4) is 0 Å². The van der Waals surface area contributed by atoms with Crippen molar-refractivity contribution in [2.75, 3.05) is 26.4 Å². The fourth-order valence-electron chi connectivity index (χ4n) is 6.35. The number of benzene rings is 2. The topological polar surface area (TPSA) is 107 Å². The van der Waals surface area contributed by atoms with E-state index in [1.165, 1.54) is 51.0 Å². The Morgan fingerprint density at radius 2 is 1.20 bits per heavy atom. The Kier molecular flexibility index (Phi) is 16.8. The fraction of sp³-hybridized carbons (Fsp3) is 0.585. The normalized spacial score (nSPS) is 20.6.